The summed E-state index contributed by atoms with van der Waals surface area (Å²) in [6.07, 6.45) is 0. The van der Waals surface area contributed by atoms with Gasteiger partial charge in [0.05, 0.1) is 0 Å². The molecule has 12 aromatic rings. The minimum Gasteiger partial charge on any atom is -0.208 e. The van der Waals surface area contributed by atoms with E-state index in [0.717, 1.165) is 33.0 Å². The minimum absolute atomic E-state index is 0.643. The first-order valence-electron chi connectivity index (χ1n) is 20.6. The Balaban J connectivity index is 0.991. The van der Waals surface area contributed by atoms with Gasteiger partial charge in [0.25, 0.3) is 0 Å². The van der Waals surface area contributed by atoms with Crippen molar-refractivity contribution in [1.29, 1.82) is 0 Å². The van der Waals surface area contributed by atoms with Gasteiger partial charge in [0.2, 0.25) is 0 Å². The summed E-state index contributed by atoms with van der Waals surface area (Å²) in [6.45, 7) is 0. The average molecular weight is 794 g/mol. The summed E-state index contributed by atoms with van der Waals surface area (Å²) in [5.74, 6) is 1.95. The maximum absolute atomic E-state index is 5.26. The lowest BCUT2D eigenvalue weighted by molar-refractivity contribution is 1.08. The van der Waals surface area contributed by atoms with Gasteiger partial charge in [-0.3, -0.25) is 0 Å². The highest BCUT2D eigenvalue weighted by Crippen LogP contribution is 2.44. The van der Waals surface area contributed by atoms with E-state index in [9.17, 15) is 0 Å². The van der Waals surface area contributed by atoms with Gasteiger partial charge in [-0.05, 0) is 90.0 Å². The number of benzene rings is 10. The normalized spacial score (nSPS) is 11.6. The van der Waals surface area contributed by atoms with Crippen molar-refractivity contribution >= 4 is 63.8 Å². The Morgan fingerprint density at radius 2 is 0.820 bits per heavy atom. The Labute approximate surface area is 356 Å². The molecule has 0 saturated heterocycles. The zero-order chi connectivity index (χ0) is 40.3. The van der Waals surface area contributed by atoms with Crippen LogP contribution in [0.5, 0.6) is 0 Å². The second-order valence-electron chi connectivity index (χ2n) is 15.6. The maximum atomic E-state index is 5.26. The molecule has 0 spiro atoms. The van der Waals surface area contributed by atoms with Gasteiger partial charge >= 0.3 is 0 Å². The molecule has 0 unspecified atom stereocenters. The van der Waals surface area contributed by atoms with Gasteiger partial charge in [0.15, 0.2) is 17.5 Å². The summed E-state index contributed by atoms with van der Waals surface area (Å²) in [6, 6.07) is 75.9. The van der Waals surface area contributed by atoms with E-state index in [-0.39, 0.29) is 0 Å². The molecule has 0 N–H and O–H groups in total. The van der Waals surface area contributed by atoms with Crippen molar-refractivity contribution in [3.63, 3.8) is 0 Å². The summed E-state index contributed by atoms with van der Waals surface area (Å²) in [4.78, 5) is 15.7. The van der Waals surface area contributed by atoms with Crippen LogP contribution in [0.25, 0.3) is 120 Å². The quantitative estimate of drug-likeness (QED) is 0.168. The van der Waals surface area contributed by atoms with Crippen molar-refractivity contribution in [2.75, 3.05) is 0 Å². The number of rotatable bonds is 6. The molecule has 0 fully saturated rings. The molecular weight excluding hydrogens is 759 g/mol. The lowest BCUT2D eigenvalue weighted by atomic mass is 9.95. The van der Waals surface area contributed by atoms with Gasteiger partial charge in [0.1, 0.15) is 0 Å². The van der Waals surface area contributed by atoms with Gasteiger partial charge in [0, 0.05) is 36.9 Å². The van der Waals surface area contributed by atoms with Gasteiger partial charge in [-0.25, -0.2) is 15.0 Å². The molecule has 2 aromatic heterocycles. The number of fused-ring (bicyclic) bond motifs is 7. The van der Waals surface area contributed by atoms with Crippen LogP contribution in [0.15, 0.2) is 212 Å². The second-order valence-corrected chi connectivity index (χ2v) is 16.7. The minimum atomic E-state index is 0.643. The Kier molecular flexibility index (Phi) is 8.36. The van der Waals surface area contributed by atoms with E-state index in [1.54, 1.807) is 0 Å². The number of aromatic nitrogens is 3. The number of thiophene rings is 1. The molecule has 0 radical (unpaired) electrons. The third-order valence-electron chi connectivity index (χ3n) is 11.9. The van der Waals surface area contributed by atoms with Crippen LogP contribution in [0.4, 0.5) is 0 Å². The molecule has 0 amide bonds. The van der Waals surface area contributed by atoms with Crippen LogP contribution in [-0.2, 0) is 0 Å². The standard InChI is InChI=1S/C57H35N3S/c1-2-11-36(12-3-1)38-23-28-42(29-24-38)55-58-56(45-30-25-37-13-4-5-15-43(37)33-45)60-57(59-55)50-35-53-54(49-19-9-8-18-48(49)50)51-34-44(31-32-52(51)61-53)39-21-26-41(27-22-39)47-20-10-16-40-14-6-7-17-46(40)47/h1-35H. The second kappa shape index (κ2) is 14.5. The molecule has 10 aromatic carbocycles. The van der Waals surface area contributed by atoms with E-state index in [2.05, 4.69) is 206 Å². The third kappa shape index (κ3) is 6.24. The molecule has 2 heterocycles. The molecule has 284 valence electrons. The van der Waals surface area contributed by atoms with Crippen molar-refractivity contribution in [1.82, 2.24) is 15.0 Å². The molecule has 3 nitrogen and oxygen atoms in total. The summed E-state index contributed by atoms with van der Waals surface area (Å²) in [5.41, 5.74) is 10.1. The highest BCUT2D eigenvalue weighted by Gasteiger charge is 2.19. The van der Waals surface area contributed by atoms with Crippen LogP contribution < -0.4 is 0 Å². The van der Waals surface area contributed by atoms with Crippen LogP contribution in [0.3, 0.4) is 0 Å². The fourth-order valence-electron chi connectivity index (χ4n) is 8.85. The average Bonchev–Trinajstić information content (AvgIpc) is 3.72. The Bertz CT molecular complexity index is 3620. The SMILES string of the molecule is c1ccc(-c2ccc(-c3nc(-c4ccc5ccccc5c4)nc(-c4cc5sc6ccc(-c7ccc(-c8cccc9ccccc89)cc7)cc6c5c5ccccc45)n3)cc2)cc1. The Morgan fingerprint density at radius 1 is 0.262 bits per heavy atom. The largest absolute Gasteiger partial charge is 0.208 e. The topological polar surface area (TPSA) is 38.7 Å². The van der Waals surface area contributed by atoms with E-state index >= 15 is 0 Å². The predicted molar refractivity (Wildman–Crippen MR) is 258 cm³/mol. The molecule has 0 aliphatic heterocycles. The summed E-state index contributed by atoms with van der Waals surface area (Å²) in [7, 11) is 0. The zero-order valence-corrected chi connectivity index (χ0v) is 33.8. The van der Waals surface area contributed by atoms with E-state index in [1.807, 2.05) is 17.4 Å². The van der Waals surface area contributed by atoms with Crippen molar-refractivity contribution in [2.24, 2.45) is 0 Å². The van der Waals surface area contributed by atoms with Crippen molar-refractivity contribution in [3.05, 3.63) is 212 Å². The highest BCUT2D eigenvalue weighted by atomic mass is 32.1. The fourth-order valence-corrected chi connectivity index (χ4v) is 9.99. The van der Waals surface area contributed by atoms with Gasteiger partial charge in [-0.1, -0.05) is 188 Å². The first-order valence-corrected chi connectivity index (χ1v) is 21.4. The lowest BCUT2D eigenvalue weighted by Gasteiger charge is -2.12. The molecule has 61 heavy (non-hydrogen) atoms. The first-order chi connectivity index (χ1) is 30.2. The predicted octanol–water partition coefficient (Wildman–Crippen LogP) is 15.7. The third-order valence-corrected chi connectivity index (χ3v) is 13.0. The summed E-state index contributed by atoms with van der Waals surface area (Å²) >= 11 is 1.82. The Morgan fingerprint density at radius 3 is 1.62 bits per heavy atom. The molecule has 0 atom stereocenters. The molecule has 0 aliphatic carbocycles. The van der Waals surface area contributed by atoms with Crippen molar-refractivity contribution < 1.29 is 0 Å². The Hall–Kier alpha value is -7.79. The van der Waals surface area contributed by atoms with E-state index < -0.39 is 0 Å². The van der Waals surface area contributed by atoms with Crippen molar-refractivity contribution in [2.45, 2.75) is 0 Å². The molecule has 0 bridgehead atoms. The summed E-state index contributed by atoms with van der Waals surface area (Å²) in [5, 5.41) is 9.66. The molecule has 0 aliphatic rings. The first kappa shape index (κ1) is 35.2. The maximum Gasteiger partial charge on any atom is 0.164 e. The molecular formula is C57H35N3S. The van der Waals surface area contributed by atoms with Gasteiger partial charge in [-0.15, -0.1) is 11.3 Å². The van der Waals surface area contributed by atoms with Crippen LogP contribution >= 0.6 is 11.3 Å². The monoisotopic (exact) mass is 793 g/mol. The van der Waals surface area contributed by atoms with Crippen LogP contribution in [0, 0.1) is 0 Å². The van der Waals surface area contributed by atoms with Crippen LogP contribution in [-0.4, -0.2) is 15.0 Å². The van der Waals surface area contributed by atoms with E-state index in [0.29, 0.717) is 17.5 Å². The lowest BCUT2D eigenvalue weighted by Crippen LogP contribution is -2.00. The molecule has 4 heteroatoms. The van der Waals surface area contributed by atoms with Gasteiger partial charge < -0.3 is 0 Å². The number of nitrogens with zero attached hydrogens (tertiary/aromatic N) is 3. The zero-order valence-electron chi connectivity index (χ0n) is 33.0. The molecule has 0 saturated carbocycles. The van der Waals surface area contributed by atoms with Crippen LogP contribution in [0.2, 0.25) is 0 Å². The van der Waals surface area contributed by atoms with E-state index in [1.165, 1.54) is 69.5 Å². The summed E-state index contributed by atoms with van der Waals surface area (Å²) < 4.78 is 2.45. The molecule has 12 rings (SSSR count). The highest BCUT2D eigenvalue weighted by molar-refractivity contribution is 7.26. The van der Waals surface area contributed by atoms with E-state index in [4.69, 9.17) is 15.0 Å². The van der Waals surface area contributed by atoms with Crippen LogP contribution in [0.1, 0.15) is 0 Å². The number of hydrogen-bond donors (Lipinski definition) is 0. The fraction of sp³-hybridized carbons (Fsp3) is 0. The number of hydrogen-bond acceptors (Lipinski definition) is 4. The van der Waals surface area contributed by atoms with Crippen molar-refractivity contribution in [3.8, 4) is 67.5 Å². The van der Waals surface area contributed by atoms with Gasteiger partial charge in [-0.2, -0.15) is 0 Å². The smallest absolute Gasteiger partial charge is 0.164 e.